The van der Waals surface area contributed by atoms with Crippen molar-refractivity contribution >= 4 is 11.8 Å². The third-order valence-electron chi connectivity index (χ3n) is 1.76. The Hall–Kier alpha value is -0.750. The summed E-state index contributed by atoms with van der Waals surface area (Å²) in [5.74, 6) is -0.386. The van der Waals surface area contributed by atoms with Crippen LogP contribution in [-0.4, -0.2) is 17.8 Å². The van der Waals surface area contributed by atoms with Crippen LogP contribution in [0.1, 0.15) is 5.56 Å². The number of thioether (sulfide) groups is 1. The van der Waals surface area contributed by atoms with Crippen molar-refractivity contribution in [3.63, 3.8) is 0 Å². The molecule has 0 radical (unpaired) electrons. The second kappa shape index (κ2) is 6.10. The molecule has 1 rings (SSSR count). The Morgan fingerprint density at radius 3 is 2.62 bits per heavy atom. The van der Waals surface area contributed by atoms with Gasteiger partial charge in [0.2, 0.25) is 0 Å². The predicted molar refractivity (Wildman–Crippen MR) is 56.6 cm³/mol. The van der Waals surface area contributed by atoms with Crippen molar-refractivity contribution in [3.05, 3.63) is 35.6 Å². The zero-order valence-electron chi connectivity index (χ0n) is 8.35. The van der Waals surface area contributed by atoms with E-state index < -0.39 is 5.51 Å². The van der Waals surface area contributed by atoms with Crippen molar-refractivity contribution in [3.8, 4) is 0 Å². The van der Waals surface area contributed by atoms with Gasteiger partial charge in [-0.05, 0) is 29.5 Å². The molecule has 0 spiro atoms. The van der Waals surface area contributed by atoms with E-state index in [2.05, 4.69) is 5.32 Å². The Kier molecular flexibility index (Phi) is 5.08. The van der Waals surface area contributed by atoms with E-state index in [-0.39, 0.29) is 29.9 Å². The molecule has 6 heteroatoms. The van der Waals surface area contributed by atoms with Gasteiger partial charge in [-0.15, -0.1) is 0 Å². The van der Waals surface area contributed by atoms with E-state index in [4.69, 9.17) is 0 Å². The van der Waals surface area contributed by atoms with Gasteiger partial charge in [-0.1, -0.05) is 12.1 Å². The molecule has 0 heterocycles. The van der Waals surface area contributed by atoms with Crippen molar-refractivity contribution in [1.82, 2.24) is 5.32 Å². The van der Waals surface area contributed by atoms with Crippen LogP contribution in [0.4, 0.5) is 17.6 Å². The third kappa shape index (κ3) is 5.97. The number of alkyl halides is 3. The maximum absolute atomic E-state index is 12.7. The zero-order chi connectivity index (χ0) is 12.0. The zero-order valence-corrected chi connectivity index (χ0v) is 9.17. The summed E-state index contributed by atoms with van der Waals surface area (Å²) in [6.45, 7) is 0.608. The van der Waals surface area contributed by atoms with Gasteiger partial charge in [-0.25, -0.2) is 4.39 Å². The van der Waals surface area contributed by atoms with Crippen LogP contribution in [0.2, 0.25) is 0 Å². The van der Waals surface area contributed by atoms with Gasteiger partial charge in [0.05, 0.1) is 0 Å². The largest absolute Gasteiger partial charge is 0.441 e. The summed E-state index contributed by atoms with van der Waals surface area (Å²) in [6, 6.07) is 5.96. The lowest BCUT2D eigenvalue weighted by molar-refractivity contribution is -0.0327. The van der Waals surface area contributed by atoms with Crippen LogP contribution in [0.25, 0.3) is 0 Å². The van der Waals surface area contributed by atoms with E-state index in [1.54, 1.807) is 12.1 Å². The van der Waals surface area contributed by atoms with Gasteiger partial charge in [0.1, 0.15) is 5.82 Å². The van der Waals surface area contributed by atoms with Crippen molar-refractivity contribution in [2.75, 3.05) is 12.3 Å². The molecule has 0 aliphatic heterocycles. The third-order valence-corrected chi connectivity index (χ3v) is 2.50. The van der Waals surface area contributed by atoms with Crippen LogP contribution in [-0.2, 0) is 6.54 Å². The highest BCUT2D eigenvalue weighted by Gasteiger charge is 2.27. The number of rotatable bonds is 5. The molecular weight excluding hydrogens is 242 g/mol. The van der Waals surface area contributed by atoms with Gasteiger partial charge in [0.15, 0.2) is 0 Å². The Morgan fingerprint density at radius 2 is 2.00 bits per heavy atom. The van der Waals surface area contributed by atoms with Crippen LogP contribution in [0.5, 0.6) is 0 Å². The Labute approximate surface area is 95.2 Å². The monoisotopic (exact) mass is 253 g/mol. The molecule has 0 bridgehead atoms. The number of hydrogen-bond acceptors (Lipinski definition) is 2. The van der Waals surface area contributed by atoms with E-state index in [0.717, 1.165) is 5.56 Å². The molecule has 1 N–H and O–H groups in total. The van der Waals surface area contributed by atoms with Gasteiger partial charge in [0, 0.05) is 18.8 Å². The minimum atomic E-state index is -4.18. The Morgan fingerprint density at radius 1 is 1.25 bits per heavy atom. The van der Waals surface area contributed by atoms with Crippen molar-refractivity contribution < 1.29 is 17.6 Å². The fraction of sp³-hybridized carbons (Fsp3) is 0.400. The van der Waals surface area contributed by atoms with Crippen LogP contribution in [0.15, 0.2) is 24.3 Å². The van der Waals surface area contributed by atoms with Crippen molar-refractivity contribution in [2.24, 2.45) is 0 Å². The average Bonchev–Trinajstić information content (AvgIpc) is 2.15. The molecule has 0 unspecified atom stereocenters. The molecule has 1 aromatic rings. The minimum Gasteiger partial charge on any atom is -0.312 e. The SMILES string of the molecule is Fc1cccc(CNCCSC(F)(F)F)c1. The molecule has 1 nitrogen and oxygen atoms in total. The molecule has 0 atom stereocenters. The first kappa shape index (κ1) is 13.3. The van der Waals surface area contributed by atoms with Gasteiger partial charge >= 0.3 is 5.51 Å². The molecule has 0 aliphatic carbocycles. The molecule has 0 aromatic heterocycles. The molecule has 90 valence electrons. The maximum atomic E-state index is 12.7. The normalized spacial score (nSPS) is 11.8. The number of hydrogen-bond donors (Lipinski definition) is 1. The summed E-state index contributed by atoms with van der Waals surface area (Å²) in [5, 5.41) is 2.81. The second-order valence-electron chi connectivity index (χ2n) is 3.10. The summed E-state index contributed by atoms with van der Waals surface area (Å²) in [7, 11) is 0. The smallest absolute Gasteiger partial charge is 0.312 e. The van der Waals surface area contributed by atoms with Gasteiger partial charge in [0.25, 0.3) is 0 Å². The van der Waals surface area contributed by atoms with Crippen LogP contribution in [0, 0.1) is 5.82 Å². The fourth-order valence-corrected chi connectivity index (χ4v) is 1.60. The van der Waals surface area contributed by atoms with Crippen LogP contribution < -0.4 is 5.32 Å². The highest BCUT2D eigenvalue weighted by molar-refractivity contribution is 8.00. The lowest BCUT2D eigenvalue weighted by Gasteiger charge is -2.06. The van der Waals surface area contributed by atoms with Crippen molar-refractivity contribution in [2.45, 2.75) is 12.1 Å². The van der Waals surface area contributed by atoms with Crippen LogP contribution in [0.3, 0.4) is 0 Å². The lowest BCUT2D eigenvalue weighted by atomic mass is 10.2. The highest BCUT2D eigenvalue weighted by atomic mass is 32.2. The first-order valence-corrected chi connectivity index (χ1v) is 5.62. The van der Waals surface area contributed by atoms with Gasteiger partial charge < -0.3 is 5.32 Å². The van der Waals surface area contributed by atoms with Crippen LogP contribution >= 0.6 is 11.8 Å². The molecule has 1 aromatic carbocycles. The molecular formula is C10H11F4NS. The quantitative estimate of drug-likeness (QED) is 0.639. The molecule has 0 saturated carbocycles. The number of nitrogens with one attached hydrogen (secondary N) is 1. The summed E-state index contributed by atoms with van der Waals surface area (Å²) in [5.41, 5.74) is -3.46. The molecule has 0 amide bonds. The van der Waals surface area contributed by atoms with E-state index in [1.807, 2.05) is 0 Å². The summed E-state index contributed by atoms with van der Waals surface area (Å²) in [4.78, 5) is 0. The van der Waals surface area contributed by atoms with Crippen molar-refractivity contribution in [1.29, 1.82) is 0 Å². The van der Waals surface area contributed by atoms with E-state index >= 15 is 0 Å². The van der Waals surface area contributed by atoms with Gasteiger partial charge in [-0.3, -0.25) is 0 Å². The molecule has 16 heavy (non-hydrogen) atoms. The second-order valence-corrected chi connectivity index (χ2v) is 4.26. The maximum Gasteiger partial charge on any atom is 0.441 e. The fourth-order valence-electron chi connectivity index (χ4n) is 1.12. The summed E-state index contributed by atoms with van der Waals surface area (Å²) < 4.78 is 48.0. The Bertz CT molecular complexity index is 327. The van der Waals surface area contributed by atoms with E-state index in [1.165, 1.54) is 12.1 Å². The predicted octanol–water partition coefficient (Wildman–Crippen LogP) is 3.17. The number of benzene rings is 1. The lowest BCUT2D eigenvalue weighted by Crippen LogP contribution is -2.18. The molecule has 0 fully saturated rings. The number of halogens is 4. The average molecular weight is 253 g/mol. The molecule has 0 saturated heterocycles. The Balaban J connectivity index is 2.17. The summed E-state index contributed by atoms with van der Waals surface area (Å²) in [6.07, 6.45) is 0. The highest BCUT2D eigenvalue weighted by Crippen LogP contribution is 2.29. The standard InChI is InChI=1S/C10H11F4NS/c11-9-3-1-2-8(6-9)7-15-4-5-16-10(12,13)14/h1-3,6,15H,4-5,7H2. The first-order chi connectivity index (χ1) is 7.47. The van der Waals surface area contributed by atoms with E-state index in [9.17, 15) is 17.6 Å². The minimum absolute atomic E-state index is 0.0428. The molecule has 0 aliphatic rings. The summed E-state index contributed by atoms with van der Waals surface area (Å²) >= 11 is -0.0647. The van der Waals surface area contributed by atoms with E-state index in [0.29, 0.717) is 6.54 Å². The van der Waals surface area contributed by atoms with Gasteiger partial charge in [-0.2, -0.15) is 13.2 Å². The first-order valence-electron chi connectivity index (χ1n) is 4.63. The topological polar surface area (TPSA) is 12.0 Å².